The van der Waals surface area contributed by atoms with Gasteiger partial charge in [0, 0.05) is 39.0 Å². The van der Waals surface area contributed by atoms with E-state index in [1.807, 2.05) is 36.1 Å². The van der Waals surface area contributed by atoms with Gasteiger partial charge in [-0.2, -0.15) is 10.2 Å². The maximum absolute atomic E-state index is 13.4. The highest BCUT2D eigenvalue weighted by Gasteiger charge is 2.26. The lowest BCUT2D eigenvalue weighted by molar-refractivity contribution is 0.0771. The molecule has 1 amide bonds. The quantitative estimate of drug-likeness (QED) is 0.587. The van der Waals surface area contributed by atoms with Crippen molar-refractivity contribution in [2.45, 2.75) is 20.0 Å². The summed E-state index contributed by atoms with van der Waals surface area (Å²) in [4.78, 5) is 28.0. The number of thiophene rings is 1. The Bertz CT molecular complexity index is 1170. The molecular weight excluding hydrogens is 426 g/mol. The van der Waals surface area contributed by atoms with Crippen LogP contribution in [0.15, 0.2) is 24.3 Å². The minimum absolute atomic E-state index is 0.0162. The zero-order chi connectivity index (χ0) is 22.7. The zero-order valence-electron chi connectivity index (χ0n) is 18.4. The van der Waals surface area contributed by atoms with Crippen LogP contribution in [0.4, 0.5) is 5.69 Å². The van der Waals surface area contributed by atoms with Crippen molar-refractivity contribution in [1.29, 1.82) is 5.26 Å². The SMILES string of the molecule is COCc1nc(OC)c2c(C)c(C(=O)N3CCCN(c4ccc(C#N)cc4)CC3)sc2n1. The Kier molecular flexibility index (Phi) is 6.53. The smallest absolute Gasteiger partial charge is 0.264 e. The van der Waals surface area contributed by atoms with Gasteiger partial charge in [-0.15, -0.1) is 11.3 Å². The highest BCUT2D eigenvalue weighted by atomic mass is 32.1. The zero-order valence-corrected chi connectivity index (χ0v) is 19.2. The van der Waals surface area contributed by atoms with Crippen molar-refractivity contribution in [2.75, 3.05) is 45.3 Å². The Morgan fingerprint density at radius 1 is 1.16 bits per heavy atom. The van der Waals surface area contributed by atoms with Crippen LogP contribution < -0.4 is 9.64 Å². The summed E-state index contributed by atoms with van der Waals surface area (Å²) in [6.45, 7) is 5.13. The predicted molar refractivity (Wildman–Crippen MR) is 123 cm³/mol. The topological polar surface area (TPSA) is 91.6 Å². The van der Waals surface area contributed by atoms with Crippen LogP contribution in [0.3, 0.4) is 0 Å². The summed E-state index contributed by atoms with van der Waals surface area (Å²) in [6, 6.07) is 9.74. The molecule has 0 spiro atoms. The number of aromatic nitrogens is 2. The molecule has 3 heterocycles. The van der Waals surface area contributed by atoms with Crippen LogP contribution in [0.1, 0.15) is 33.0 Å². The molecule has 0 atom stereocenters. The van der Waals surface area contributed by atoms with E-state index in [9.17, 15) is 4.79 Å². The molecule has 0 bridgehead atoms. The van der Waals surface area contributed by atoms with Crippen molar-refractivity contribution in [3.8, 4) is 11.9 Å². The van der Waals surface area contributed by atoms with E-state index in [1.54, 1.807) is 14.2 Å². The van der Waals surface area contributed by atoms with Gasteiger partial charge in [-0.25, -0.2) is 4.98 Å². The molecule has 1 aromatic carbocycles. The third-order valence-electron chi connectivity index (χ3n) is 5.61. The van der Waals surface area contributed by atoms with Gasteiger partial charge in [0.25, 0.3) is 5.91 Å². The van der Waals surface area contributed by atoms with Gasteiger partial charge in [-0.1, -0.05) is 0 Å². The maximum Gasteiger partial charge on any atom is 0.264 e. The van der Waals surface area contributed by atoms with E-state index < -0.39 is 0 Å². The standard InChI is InChI=1S/C23H25N5O3S/c1-15-19-21(31-3)25-18(14-30-2)26-22(19)32-20(15)23(29)28-10-4-9-27(11-12-28)17-7-5-16(13-24)6-8-17/h5-8H,4,9-12,14H2,1-3H3. The molecule has 0 aliphatic carbocycles. The number of fused-ring (bicyclic) bond motifs is 1. The third kappa shape index (κ3) is 4.24. The van der Waals surface area contributed by atoms with E-state index in [1.165, 1.54) is 11.3 Å². The molecule has 32 heavy (non-hydrogen) atoms. The minimum atomic E-state index is 0.0162. The summed E-state index contributed by atoms with van der Waals surface area (Å²) in [5, 5.41) is 9.80. The van der Waals surface area contributed by atoms with Crippen LogP contribution in [-0.4, -0.2) is 61.2 Å². The molecule has 1 aliphatic heterocycles. The normalized spacial score (nSPS) is 14.3. The molecule has 1 fully saturated rings. The Morgan fingerprint density at radius 3 is 2.62 bits per heavy atom. The molecule has 8 nitrogen and oxygen atoms in total. The molecule has 0 saturated carbocycles. The summed E-state index contributed by atoms with van der Waals surface area (Å²) in [6.07, 6.45) is 0.872. The number of aryl methyl sites for hydroxylation is 1. The monoisotopic (exact) mass is 451 g/mol. The van der Waals surface area contributed by atoms with Gasteiger partial charge >= 0.3 is 0 Å². The molecule has 166 valence electrons. The van der Waals surface area contributed by atoms with E-state index in [-0.39, 0.29) is 12.5 Å². The fourth-order valence-electron chi connectivity index (χ4n) is 3.96. The lowest BCUT2D eigenvalue weighted by Crippen LogP contribution is -2.35. The molecule has 1 saturated heterocycles. The average molecular weight is 452 g/mol. The maximum atomic E-state index is 13.4. The van der Waals surface area contributed by atoms with Crippen molar-refractivity contribution in [1.82, 2.24) is 14.9 Å². The summed E-state index contributed by atoms with van der Waals surface area (Å²) in [5.74, 6) is 1.02. The van der Waals surface area contributed by atoms with E-state index in [0.717, 1.165) is 41.0 Å². The molecule has 0 N–H and O–H groups in total. The van der Waals surface area contributed by atoms with E-state index in [0.29, 0.717) is 35.2 Å². The number of hydrogen-bond acceptors (Lipinski definition) is 8. The average Bonchev–Trinajstić information content (AvgIpc) is 2.99. The van der Waals surface area contributed by atoms with Gasteiger partial charge in [0.15, 0.2) is 5.82 Å². The van der Waals surface area contributed by atoms with E-state index in [2.05, 4.69) is 20.9 Å². The van der Waals surface area contributed by atoms with E-state index in [4.69, 9.17) is 14.7 Å². The van der Waals surface area contributed by atoms with Crippen LogP contribution in [0.25, 0.3) is 10.2 Å². The van der Waals surface area contributed by atoms with Gasteiger partial charge in [-0.3, -0.25) is 4.79 Å². The van der Waals surface area contributed by atoms with Crippen LogP contribution in [0, 0.1) is 18.3 Å². The van der Waals surface area contributed by atoms with Crippen LogP contribution in [0.5, 0.6) is 5.88 Å². The van der Waals surface area contributed by atoms with Gasteiger partial charge in [0.05, 0.1) is 29.0 Å². The Labute approximate surface area is 191 Å². The van der Waals surface area contributed by atoms with E-state index >= 15 is 0 Å². The number of carbonyl (C=O) groups is 1. The molecule has 2 aromatic heterocycles. The first kappa shape index (κ1) is 22.0. The molecule has 1 aliphatic rings. The van der Waals surface area contributed by atoms with Gasteiger partial charge < -0.3 is 19.3 Å². The van der Waals surface area contributed by atoms with Crippen LogP contribution >= 0.6 is 11.3 Å². The minimum Gasteiger partial charge on any atom is -0.480 e. The molecule has 4 rings (SSSR count). The number of hydrogen-bond donors (Lipinski definition) is 0. The predicted octanol–water partition coefficient (Wildman–Crippen LogP) is 3.38. The fraction of sp³-hybridized carbons (Fsp3) is 0.391. The Hall–Kier alpha value is -3.22. The second-order valence-corrected chi connectivity index (χ2v) is 8.61. The number of nitriles is 1. The number of rotatable bonds is 5. The number of carbonyl (C=O) groups excluding carboxylic acids is 1. The number of anilines is 1. The van der Waals surface area contributed by atoms with Crippen molar-refractivity contribution < 1.29 is 14.3 Å². The molecule has 0 radical (unpaired) electrons. The first-order valence-electron chi connectivity index (χ1n) is 10.4. The van der Waals surface area contributed by atoms with Gasteiger partial charge in [0.1, 0.15) is 11.4 Å². The van der Waals surface area contributed by atoms with Gasteiger partial charge in [-0.05, 0) is 43.2 Å². The number of amides is 1. The molecular formula is C23H25N5O3S. The first-order valence-corrected chi connectivity index (χ1v) is 11.2. The fourth-order valence-corrected chi connectivity index (χ4v) is 5.12. The van der Waals surface area contributed by atoms with Crippen molar-refractivity contribution in [2.24, 2.45) is 0 Å². The number of nitrogens with zero attached hydrogens (tertiary/aromatic N) is 5. The largest absolute Gasteiger partial charge is 0.480 e. The lowest BCUT2D eigenvalue weighted by atomic mass is 10.2. The number of benzene rings is 1. The second-order valence-electron chi connectivity index (χ2n) is 7.61. The molecule has 3 aromatic rings. The number of ether oxygens (including phenoxy) is 2. The summed E-state index contributed by atoms with van der Waals surface area (Å²) in [7, 11) is 3.17. The highest BCUT2D eigenvalue weighted by Crippen LogP contribution is 2.36. The Morgan fingerprint density at radius 2 is 1.94 bits per heavy atom. The van der Waals surface area contributed by atoms with Crippen molar-refractivity contribution in [3.63, 3.8) is 0 Å². The van der Waals surface area contributed by atoms with Crippen LogP contribution in [-0.2, 0) is 11.3 Å². The molecule has 0 unspecified atom stereocenters. The lowest BCUT2D eigenvalue weighted by Gasteiger charge is -2.23. The molecule has 9 heteroatoms. The summed E-state index contributed by atoms with van der Waals surface area (Å²) < 4.78 is 10.6. The summed E-state index contributed by atoms with van der Waals surface area (Å²) in [5.41, 5.74) is 2.57. The highest BCUT2D eigenvalue weighted by molar-refractivity contribution is 7.20. The van der Waals surface area contributed by atoms with Crippen LogP contribution in [0.2, 0.25) is 0 Å². The van der Waals surface area contributed by atoms with Crippen molar-refractivity contribution >= 4 is 33.1 Å². The van der Waals surface area contributed by atoms with Gasteiger partial charge in [0.2, 0.25) is 5.88 Å². The first-order chi connectivity index (χ1) is 15.5. The number of methoxy groups -OCH3 is 2. The summed E-state index contributed by atoms with van der Waals surface area (Å²) >= 11 is 1.38. The Balaban J connectivity index is 1.56. The second kappa shape index (κ2) is 9.51. The third-order valence-corrected chi connectivity index (χ3v) is 6.78. The van der Waals surface area contributed by atoms with Crippen molar-refractivity contribution in [3.05, 3.63) is 46.1 Å².